The van der Waals surface area contributed by atoms with E-state index in [2.05, 4.69) is 15.3 Å². The van der Waals surface area contributed by atoms with Crippen LogP contribution in [0.2, 0.25) is 0 Å². The number of hydrogen-bond donors (Lipinski definition) is 2. The highest BCUT2D eigenvalue weighted by atomic mass is 16.6. The molecule has 1 saturated carbocycles. The van der Waals surface area contributed by atoms with Gasteiger partial charge in [-0.2, -0.15) is 0 Å². The Hall–Kier alpha value is -4.06. The van der Waals surface area contributed by atoms with Crippen molar-refractivity contribution < 1.29 is 33.8 Å². The summed E-state index contributed by atoms with van der Waals surface area (Å²) >= 11 is 0. The van der Waals surface area contributed by atoms with Crippen LogP contribution in [-0.2, 0) is 19.1 Å². The Bertz CT molecular complexity index is 1310. The summed E-state index contributed by atoms with van der Waals surface area (Å²) in [6.07, 6.45) is 0.270. The van der Waals surface area contributed by atoms with Gasteiger partial charge in [0.1, 0.15) is 17.3 Å². The Kier molecular flexibility index (Phi) is 10.3. The molecule has 1 aromatic carbocycles. The fourth-order valence-corrected chi connectivity index (χ4v) is 4.99. The average Bonchev–Trinajstić information content (AvgIpc) is 3.79. The quantitative estimate of drug-likeness (QED) is 0.395. The molecule has 3 amide bonds. The molecule has 2 aromatic rings. The lowest BCUT2D eigenvalue weighted by atomic mass is 10.1. The van der Waals surface area contributed by atoms with Gasteiger partial charge in [0.05, 0.1) is 6.61 Å². The maximum Gasteiger partial charge on any atom is 0.409 e. The summed E-state index contributed by atoms with van der Waals surface area (Å²) in [7, 11) is 0. The van der Waals surface area contributed by atoms with Crippen molar-refractivity contribution in [1.82, 2.24) is 25.1 Å². The zero-order chi connectivity index (χ0) is 31.1. The lowest BCUT2D eigenvalue weighted by molar-refractivity contribution is -0.155. The van der Waals surface area contributed by atoms with Gasteiger partial charge in [-0.15, -0.1) is 0 Å². The SMILES string of the molecule is CCOC(=O)N1CCN(C(=O)C(CCC(=O)OC(C)(C)C)NC(=O)c2cc(C3CC3CO)nc(-c3ccccc3)n2)CC1. The predicted molar refractivity (Wildman–Crippen MR) is 157 cm³/mol. The Morgan fingerprint density at radius 3 is 2.33 bits per heavy atom. The van der Waals surface area contributed by atoms with Gasteiger partial charge in [-0.1, -0.05) is 30.3 Å². The van der Waals surface area contributed by atoms with Crippen LogP contribution in [0.3, 0.4) is 0 Å². The standard InChI is InChI=1S/C31H41N5O7/c1-5-42-30(41)36-15-13-35(14-16-36)29(40)23(11-12-26(38)43-31(2,3)4)34-28(39)25-18-24(22-17-21(22)19-37)32-27(33-25)20-9-7-6-8-10-20/h6-10,18,21-23,37H,5,11-17,19H2,1-4H3,(H,34,39). The second kappa shape index (κ2) is 13.9. The maximum atomic E-state index is 13.7. The highest BCUT2D eigenvalue weighted by Gasteiger charge is 2.40. The average molecular weight is 596 g/mol. The molecule has 1 saturated heterocycles. The number of nitrogens with one attached hydrogen (secondary N) is 1. The zero-order valence-electron chi connectivity index (χ0n) is 25.2. The van der Waals surface area contributed by atoms with Crippen LogP contribution in [0.15, 0.2) is 36.4 Å². The van der Waals surface area contributed by atoms with Crippen molar-refractivity contribution in [2.24, 2.45) is 5.92 Å². The minimum Gasteiger partial charge on any atom is -0.460 e. The van der Waals surface area contributed by atoms with Crippen molar-refractivity contribution in [3.8, 4) is 11.4 Å². The van der Waals surface area contributed by atoms with E-state index in [0.29, 0.717) is 24.6 Å². The highest BCUT2D eigenvalue weighted by Crippen LogP contribution is 2.46. The topological polar surface area (TPSA) is 151 Å². The van der Waals surface area contributed by atoms with Gasteiger partial charge in [0.15, 0.2) is 5.82 Å². The van der Waals surface area contributed by atoms with Gasteiger partial charge in [-0.25, -0.2) is 14.8 Å². The lowest BCUT2D eigenvalue weighted by Gasteiger charge is -2.36. The van der Waals surface area contributed by atoms with Crippen LogP contribution in [0.1, 0.15) is 69.1 Å². The number of piperazine rings is 1. The minimum absolute atomic E-state index is 0.0160. The van der Waals surface area contributed by atoms with E-state index in [0.717, 1.165) is 12.0 Å². The van der Waals surface area contributed by atoms with E-state index in [1.54, 1.807) is 38.7 Å². The van der Waals surface area contributed by atoms with Crippen molar-refractivity contribution in [3.63, 3.8) is 0 Å². The van der Waals surface area contributed by atoms with Crippen LogP contribution >= 0.6 is 0 Å². The van der Waals surface area contributed by atoms with E-state index in [9.17, 15) is 24.3 Å². The molecule has 2 fully saturated rings. The molecule has 1 aliphatic carbocycles. The number of aliphatic hydroxyl groups is 1. The molecule has 3 unspecified atom stereocenters. The number of rotatable bonds is 10. The van der Waals surface area contributed by atoms with Crippen LogP contribution in [-0.4, -0.2) is 99.8 Å². The number of aromatic nitrogens is 2. The summed E-state index contributed by atoms with van der Waals surface area (Å²) in [6, 6.07) is 9.85. The molecular weight excluding hydrogens is 554 g/mol. The van der Waals surface area contributed by atoms with Crippen molar-refractivity contribution >= 4 is 23.9 Å². The monoisotopic (exact) mass is 595 g/mol. The number of benzene rings is 1. The Morgan fingerprint density at radius 2 is 1.72 bits per heavy atom. The predicted octanol–water partition coefficient (Wildman–Crippen LogP) is 2.76. The van der Waals surface area contributed by atoms with E-state index < -0.39 is 29.6 Å². The normalized spacial score (nSPS) is 18.9. The van der Waals surface area contributed by atoms with Gasteiger partial charge in [0.25, 0.3) is 5.91 Å². The Balaban J connectivity index is 1.54. The first-order chi connectivity index (χ1) is 20.5. The van der Waals surface area contributed by atoms with Crippen molar-refractivity contribution in [1.29, 1.82) is 0 Å². The molecule has 0 spiro atoms. The van der Waals surface area contributed by atoms with Gasteiger partial charge in [-0.3, -0.25) is 14.4 Å². The minimum atomic E-state index is -1.03. The zero-order valence-corrected chi connectivity index (χ0v) is 25.2. The van der Waals surface area contributed by atoms with E-state index in [1.165, 1.54) is 4.90 Å². The lowest BCUT2D eigenvalue weighted by Crippen LogP contribution is -2.56. The third kappa shape index (κ3) is 8.73. The number of nitrogens with zero attached hydrogens (tertiary/aromatic N) is 4. The summed E-state index contributed by atoms with van der Waals surface area (Å²) in [5.74, 6) is -0.951. The second-order valence-corrected chi connectivity index (χ2v) is 11.8. The molecular formula is C31H41N5O7. The van der Waals surface area contributed by atoms with Gasteiger partial charge in [-0.05, 0) is 52.5 Å². The molecule has 0 radical (unpaired) electrons. The molecule has 2 heterocycles. The Labute approximate surface area is 251 Å². The number of amides is 3. The molecule has 12 nitrogen and oxygen atoms in total. The number of carbonyl (C=O) groups is 4. The van der Waals surface area contributed by atoms with Crippen molar-refractivity contribution in [2.45, 2.75) is 64.5 Å². The fourth-order valence-electron chi connectivity index (χ4n) is 4.99. The van der Waals surface area contributed by atoms with Crippen molar-refractivity contribution in [2.75, 3.05) is 39.4 Å². The first kappa shape index (κ1) is 31.9. The van der Waals surface area contributed by atoms with Crippen LogP contribution < -0.4 is 5.32 Å². The number of aliphatic hydroxyl groups excluding tert-OH is 1. The molecule has 2 aliphatic rings. The van der Waals surface area contributed by atoms with E-state index in [-0.39, 0.29) is 62.6 Å². The molecule has 2 N–H and O–H groups in total. The first-order valence-corrected chi connectivity index (χ1v) is 14.8. The number of carbonyl (C=O) groups excluding carboxylic acids is 4. The first-order valence-electron chi connectivity index (χ1n) is 14.8. The van der Waals surface area contributed by atoms with Gasteiger partial charge < -0.3 is 29.7 Å². The molecule has 232 valence electrons. The largest absolute Gasteiger partial charge is 0.460 e. The maximum absolute atomic E-state index is 13.7. The molecule has 12 heteroatoms. The highest BCUT2D eigenvalue weighted by molar-refractivity contribution is 5.96. The third-order valence-corrected chi connectivity index (χ3v) is 7.33. The van der Waals surface area contributed by atoms with Gasteiger partial charge in [0.2, 0.25) is 5.91 Å². The number of ether oxygens (including phenoxy) is 2. The molecule has 1 aromatic heterocycles. The smallest absolute Gasteiger partial charge is 0.409 e. The van der Waals surface area contributed by atoms with E-state index in [4.69, 9.17) is 9.47 Å². The molecule has 0 bridgehead atoms. The Morgan fingerprint density at radius 1 is 1.05 bits per heavy atom. The fraction of sp³-hybridized carbons (Fsp3) is 0.548. The van der Waals surface area contributed by atoms with Crippen molar-refractivity contribution in [3.05, 3.63) is 47.8 Å². The van der Waals surface area contributed by atoms with E-state index in [1.807, 2.05) is 30.3 Å². The second-order valence-electron chi connectivity index (χ2n) is 11.8. The summed E-state index contributed by atoms with van der Waals surface area (Å²) in [6.45, 7) is 8.41. The van der Waals surface area contributed by atoms with Crippen LogP contribution in [0.5, 0.6) is 0 Å². The number of esters is 1. The summed E-state index contributed by atoms with van der Waals surface area (Å²) in [5.41, 5.74) is 0.792. The number of hydrogen-bond acceptors (Lipinski definition) is 9. The van der Waals surface area contributed by atoms with Crippen LogP contribution in [0.4, 0.5) is 4.79 Å². The molecule has 4 rings (SSSR count). The molecule has 3 atom stereocenters. The molecule has 43 heavy (non-hydrogen) atoms. The summed E-state index contributed by atoms with van der Waals surface area (Å²) in [5, 5.41) is 12.4. The van der Waals surface area contributed by atoms with Gasteiger partial charge >= 0.3 is 12.1 Å². The summed E-state index contributed by atoms with van der Waals surface area (Å²) in [4.78, 5) is 64.3. The van der Waals surface area contributed by atoms with Crippen LogP contribution in [0, 0.1) is 5.92 Å². The van der Waals surface area contributed by atoms with E-state index >= 15 is 0 Å². The summed E-state index contributed by atoms with van der Waals surface area (Å²) < 4.78 is 10.5. The molecule has 1 aliphatic heterocycles. The third-order valence-electron chi connectivity index (χ3n) is 7.33. The van der Waals surface area contributed by atoms with Gasteiger partial charge in [0, 0.05) is 56.4 Å². The van der Waals surface area contributed by atoms with Crippen LogP contribution in [0.25, 0.3) is 11.4 Å².